The first kappa shape index (κ1) is 16.5. The van der Waals surface area contributed by atoms with Crippen molar-refractivity contribution in [1.29, 1.82) is 0 Å². The van der Waals surface area contributed by atoms with Gasteiger partial charge in [0.25, 0.3) is 0 Å². The average Bonchev–Trinajstić information content (AvgIpc) is 2.34. The van der Waals surface area contributed by atoms with Crippen LogP contribution in [0.5, 0.6) is 0 Å². The highest BCUT2D eigenvalue weighted by Crippen LogP contribution is 2.40. The summed E-state index contributed by atoms with van der Waals surface area (Å²) in [7, 11) is 0. The third-order valence-electron chi connectivity index (χ3n) is 3.78. The highest BCUT2D eigenvalue weighted by molar-refractivity contribution is 6.09. The summed E-state index contributed by atoms with van der Waals surface area (Å²) in [6, 6.07) is 0. The summed E-state index contributed by atoms with van der Waals surface area (Å²) >= 11 is 0. The molecule has 0 bridgehead atoms. The zero-order chi connectivity index (χ0) is 15.3. The first-order chi connectivity index (χ1) is 9.25. The van der Waals surface area contributed by atoms with E-state index >= 15 is 0 Å². The number of carbonyl (C=O) groups excluding carboxylic acids is 1. The summed E-state index contributed by atoms with van der Waals surface area (Å²) < 4.78 is 0. The molecule has 1 atom stereocenters. The molecule has 0 amide bonds. The first-order valence-electron chi connectivity index (χ1n) is 7.25. The van der Waals surface area contributed by atoms with Crippen LogP contribution >= 0.6 is 0 Å². The quantitative estimate of drug-likeness (QED) is 0.762. The maximum absolute atomic E-state index is 12.5. The van der Waals surface area contributed by atoms with Gasteiger partial charge in [-0.2, -0.15) is 0 Å². The van der Waals surface area contributed by atoms with Gasteiger partial charge in [-0.1, -0.05) is 45.1 Å². The van der Waals surface area contributed by atoms with Crippen LogP contribution in [0.25, 0.3) is 0 Å². The van der Waals surface area contributed by atoms with E-state index in [4.69, 9.17) is 5.73 Å². The van der Waals surface area contributed by atoms with E-state index in [1.165, 1.54) is 0 Å². The molecule has 0 spiro atoms. The second kappa shape index (κ2) is 6.74. The molecular weight excluding hydrogens is 246 g/mol. The molecule has 1 aliphatic carbocycles. The number of hydrogen-bond acceptors (Lipinski definition) is 2. The minimum atomic E-state index is 0.168. The molecule has 1 fully saturated rings. The second-order valence-electron chi connectivity index (χ2n) is 6.62. The van der Waals surface area contributed by atoms with Crippen LogP contribution < -0.4 is 5.73 Å². The smallest absolute Gasteiger partial charge is 0.185 e. The minimum absolute atomic E-state index is 0.168. The van der Waals surface area contributed by atoms with Crippen molar-refractivity contribution >= 4 is 5.78 Å². The fourth-order valence-corrected chi connectivity index (χ4v) is 2.34. The van der Waals surface area contributed by atoms with E-state index in [2.05, 4.69) is 20.8 Å². The lowest BCUT2D eigenvalue weighted by atomic mass is 9.69. The predicted octanol–water partition coefficient (Wildman–Crippen LogP) is 4.30. The van der Waals surface area contributed by atoms with Crippen LogP contribution in [0, 0.1) is 11.3 Å². The van der Waals surface area contributed by atoms with Gasteiger partial charge < -0.3 is 5.73 Å². The summed E-state index contributed by atoms with van der Waals surface area (Å²) in [5.74, 6) is 0.649. The Balaban J connectivity index is 3.15. The molecule has 0 aromatic heterocycles. The molecule has 1 unspecified atom stereocenters. The van der Waals surface area contributed by atoms with Gasteiger partial charge in [-0.3, -0.25) is 4.79 Å². The summed E-state index contributed by atoms with van der Waals surface area (Å²) in [6.45, 7) is 10.5. The summed E-state index contributed by atoms with van der Waals surface area (Å²) in [6.07, 6.45) is 11.3. The molecule has 110 valence electrons. The van der Waals surface area contributed by atoms with Crippen molar-refractivity contribution in [3.8, 4) is 0 Å². The number of allylic oxidation sites excluding steroid dienone is 8. The van der Waals surface area contributed by atoms with E-state index in [0.717, 1.165) is 29.7 Å². The summed E-state index contributed by atoms with van der Waals surface area (Å²) in [5.41, 5.74) is 8.36. The Labute approximate surface area is 123 Å². The van der Waals surface area contributed by atoms with Crippen LogP contribution in [-0.4, -0.2) is 5.78 Å². The molecule has 1 saturated carbocycles. The molecular formula is C18H27NO. The van der Waals surface area contributed by atoms with E-state index < -0.39 is 0 Å². The van der Waals surface area contributed by atoms with E-state index in [1.807, 2.05) is 44.2 Å². The van der Waals surface area contributed by atoms with Crippen molar-refractivity contribution in [1.82, 2.24) is 0 Å². The molecule has 0 heterocycles. The first-order valence-corrected chi connectivity index (χ1v) is 7.25. The number of ketones is 1. The monoisotopic (exact) mass is 273 g/mol. The second-order valence-corrected chi connectivity index (χ2v) is 6.62. The van der Waals surface area contributed by atoms with Crippen LogP contribution in [-0.2, 0) is 4.79 Å². The van der Waals surface area contributed by atoms with Crippen LogP contribution in [0.1, 0.15) is 47.5 Å². The summed E-state index contributed by atoms with van der Waals surface area (Å²) in [4.78, 5) is 12.5. The maximum atomic E-state index is 12.5. The van der Waals surface area contributed by atoms with Gasteiger partial charge in [-0.15, -0.1) is 0 Å². The summed E-state index contributed by atoms with van der Waals surface area (Å²) in [5, 5.41) is 0. The van der Waals surface area contributed by atoms with Crippen molar-refractivity contribution < 1.29 is 4.79 Å². The standard InChI is InChI=1S/C18H27NO/c1-6-7-8-14-11-16(18(3,4)5)12-15(17(14)20)10-9-13(2)19/h6-10,16H,11-12,19H2,1-5H3/b7-6?,13-9?,14-8+,15-10+. The van der Waals surface area contributed by atoms with Gasteiger partial charge in [0.05, 0.1) is 0 Å². The molecule has 0 radical (unpaired) electrons. The van der Waals surface area contributed by atoms with Crippen LogP contribution in [0.15, 0.2) is 47.2 Å². The Bertz CT molecular complexity index is 480. The number of Topliss-reactive ketones (excluding diaryl/α,β-unsaturated/α-hetero) is 1. The van der Waals surface area contributed by atoms with Crippen molar-refractivity contribution in [2.75, 3.05) is 0 Å². The number of carbonyl (C=O) groups is 1. The van der Waals surface area contributed by atoms with Crippen molar-refractivity contribution in [3.05, 3.63) is 47.2 Å². The molecule has 20 heavy (non-hydrogen) atoms. The largest absolute Gasteiger partial charge is 0.402 e. The third kappa shape index (κ3) is 4.52. The molecule has 2 nitrogen and oxygen atoms in total. The van der Waals surface area contributed by atoms with E-state index in [0.29, 0.717) is 5.92 Å². The van der Waals surface area contributed by atoms with Crippen LogP contribution in [0.4, 0.5) is 0 Å². The topological polar surface area (TPSA) is 43.1 Å². The van der Waals surface area contributed by atoms with Gasteiger partial charge in [-0.05, 0) is 44.1 Å². The molecule has 2 heteroatoms. The highest BCUT2D eigenvalue weighted by atomic mass is 16.1. The molecule has 2 N–H and O–H groups in total. The minimum Gasteiger partial charge on any atom is -0.402 e. The van der Waals surface area contributed by atoms with Crippen molar-refractivity contribution in [3.63, 3.8) is 0 Å². The van der Waals surface area contributed by atoms with Crippen molar-refractivity contribution in [2.45, 2.75) is 47.5 Å². The Morgan fingerprint density at radius 1 is 1.20 bits per heavy atom. The number of rotatable bonds is 2. The van der Waals surface area contributed by atoms with Gasteiger partial charge >= 0.3 is 0 Å². The van der Waals surface area contributed by atoms with Gasteiger partial charge in [0.2, 0.25) is 0 Å². The van der Waals surface area contributed by atoms with E-state index in [-0.39, 0.29) is 11.2 Å². The van der Waals surface area contributed by atoms with Gasteiger partial charge in [0.15, 0.2) is 5.78 Å². The zero-order valence-electron chi connectivity index (χ0n) is 13.4. The van der Waals surface area contributed by atoms with Crippen LogP contribution in [0.3, 0.4) is 0 Å². The van der Waals surface area contributed by atoms with Gasteiger partial charge in [-0.25, -0.2) is 0 Å². The third-order valence-corrected chi connectivity index (χ3v) is 3.78. The Kier molecular flexibility index (Phi) is 5.55. The predicted molar refractivity (Wildman–Crippen MR) is 86.1 cm³/mol. The lowest BCUT2D eigenvalue weighted by molar-refractivity contribution is -0.113. The normalized spacial score (nSPS) is 25.9. The SMILES string of the molecule is CC=C/C=C1\CC(C(C)(C)C)C/C(=C\C=C(C)N)C1=O. The fourth-order valence-electron chi connectivity index (χ4n) is 2.34. The Hall–Kier alpha value is -1.57. The molecule has 0 aliphatic heterocycles. The lowest BCUT2D eigenvalue weighted by Gasteiger charge is -2.35. The molecule has 0 aromatic rings. The number of hydrogen-bond donors (Lipinski definition) is 1. The van der Waals surface area contributed by atoms with E-state index in [9.17, 15) is 4.79 Å². The fraction of sp³-hybridized carbons (Fsp3) is 0.500. The number of nitrogens with two attached hydrogens (primary N) is 1. The van der Waals surface area contributed by atoms with Crippen LogP contribution in [0.2, 0.25) is 0 Å². The van der Waals surface area contributed by atoms with Crippen molar-refractivity contribution in [2.24, 2.45) is 17.1 Å². The van der Waals surface area contributed by atoms with Gasteiger partial charge in [0, 0.05) is 16.8 Å². The lowest BCUT2D eigenvalue weighted by Crippen LogP contribution is -2.29. The molecule has 0 aromatic carbocycles. The Morgan fingerprint density at radius 3 is 2.20 bits per heavy atom. The molecule has 1 rings (SSSR count). The molecule has 1 aliphatic rings. The highest BCUT2D eigenvalue weighted by Gasteiger charge is 2.33. The van der Waals surface area contributed by atoms with Gasteiger partial charge in [0.1, 0.15) is 0 Å². The maximum Gasteiger partial charge on any atom is 0.185 e. The Morgan fingerprint density at radius 2 is 1.75 bits per heavy atom. The zero-order valence-corrected chi connectivity index (χ0v) is 13.4. The van der Waals surface area contributed by atoms with E-state index in [1.54, 1.807) is 0 Å². The average molecular weight is 273 g/mol. The molecule has 0 saturated heterocycles.